The summed E-state index contributed by atoms with van der Waals surface area (Å²) in [5.74, 6) is 0.328. The number of hydrogen-bond donors (Lipinski definition) is 1. The molecule has 24 heavy (non-hydrogen) atoms. The van der Waals surface area contributed by atoms with Crippen molar-refractivity contribution in [2.45, 2.75) is 46.5 Å². The summed E-state index contributed by atoms with van der Waals surface area (Å²) in [4.78, 5) is 12.3. The molecule has 126 valence electrons. The predicted octanol–water partition coefficient (Wildman–Crippen LogP) is 4.39. The van der Waals surface area contributed by atoms with E-state index < -0.39 is 0 Å². The number of carbonyl (C=O) groups is 1. The Morgan fingerprint density at radius 2 is 1.75 bits per heavy atom. The highest BCUT2D eigenvalue weighted by atomic mass is 16.2. The summed E-state index contributed by atoms with van der Waals surface area (Å²) in [5.41, 5.74) is 7.90. The Labute approximate surface area is 143 Å². The van der Waals surface area contributed by atoms with Gasteiger partial charge in [0.15, 0.2) is 0 Å². The zero-order valence-corrected chi connectivity index (χ0v) is 14.7. The van der Waals surface area contributed by atoms with E-state index in [1.807, 2.05) is 24.3 Å². The highest BCUT2D eigenvalue weighted by Gasteiger charge is 2.16. The molecule has 1 amide bonds. The summed E-state index contributed by atoms with van der Waals surface area (Å²) >= 11 is 0. The second-order valence-electron chi connectivity index (χ2n) is 6.69. The fourth-order valence-corrected chi connectivity index (χ4v) is 3.36. The number of rotatable bonds is 3. The summed E-state index contributed by atoms with van der Waals surface area (Å²) in [6.45, 7) is 6.34. The van der Waals surface area contributed by atoms with Crippen molar-refractivity contribution in [1.82, 2.24) is 9.99 Å². The standard InChI is InChI=1S/C20H25N3O/c1-14-6-4-5-7-19(14)21-22-20(24)17-10-12-18(13-11-17)23-15(2)8-9-16(23)3/h8-14H,4-7H2,1-3H3,(H,22,24)/b21-19-. The molecule has 1 N–H and O–H groups in total. The van der Waals surface area contributed by atoms with E-state index in [0.717, 1.165) is 17.8 Å². The molecule has 2 aromatic rings. The van der Waals surface area contributed by atoms with Gasteiger partial charge >= 0.3 is 0 Å². The van der Waals surface area contributed by atoms with E-state index in [1.54, 1.807) is 0 Å². The topological polar surface area (TPSA) is 46.4 Å². The Hall–Kier alpha value is -2.36. The van der Waals surface area contributed by atoms with Gasteiger partial charge in [-0.15, -0.1) is 0 Å². The molecule has 0 aliphatic heterocycles. The number of hydrazone groups is 1. The van der Waals surface area contributed by atoms with Crippen molar-refractivity contribution in [3.63, 3.8) is 0 Å². The predicted molar refractivity (Wildman–Crippen MR) is 97.8 cm³/mol. The minimum absolute atomic E-state index is 0.146. The summed E-state index contributed by atoms with van der Waals surface area (Å²) in [6, 6.07) is 11.9. The first-order chi connectivity index (χ1) is 11.6. The largest absolute Gasteiger partial charge is 0.319 e. The van der Waals surface area contributed by atoms with Gasteiger partial charge in [0.25, 0.3) is 5.91 Å². The molecular formula is C20H25N3O. The first-order valence-corrected chi connectivity index (χ1v) is 8.68. The van der Waals surface area contributed by atoms with Crippen LogP contribution in [-0.2, 0) is 0 Å². The van der Waals surface area contributed by atoms with Crippen molar-refractivity contribution >= 4 is 11.6 Å². The third kappa shape index (κ3) is 3.42. The first kappa shape index (κ1) is 16.5. The van der Waals surface area contributed by atoms with Gasteiger partial charge in [0.1, 0.15) is 0 Å². The van der Waals surface area contributed by atoms with Gasteiger partial charge in [-0.1, -0.05) is 13.3 Å². The highest BCUT2D eigenvalue weighted by Crippen LogP contribution is 2.21. The molecule has 1 heterocycles. The van der Waals surface area contributed by atoms with Gasteiger partial charge in [-0.3, -0.25) is 4.79 Å². The van der Waals surface area contributed by atoms with Crippen molar-refractivity contribution in [2.24, 2.45) is 11.0 Å². The van der Waals surface area contributed by atoms with Crippen molar-refractivity contribution in [1.29, 1.82) is 0 Å². The SMILES string of the molecule is Cc1ccc(C)n1-c1ccc(C(=O)N/N=C2/CCCCC2C)cc1. The summed E-state index contributed by atoms with van der Waals surface area (Å²) in [5, 5.41) is 4.35. The second kappa shape index (κ2) is 7.04. The zero-order valence-electron chi connectivity index (χ0n) is 14.7. The third-order valence-corrected chi connectivity index (χ3v) is 4.85. The number of aromatic nitrogens is 1. The van der Waals surface area contributed by atoms with Gasteiger partial charge < -0.3 is 4.57 Å². The van der Waals surface area contributed by atoms with E-state index in [0.29, 0.717) is 11.5 Å². The number of benzene rings is 1. The Kier molecular flexibility index (Phi) is 4.84. The van der Waals surface area contributed by atoms with Crippen LogP contribution in [0.3, 0.4) is 0 Å². The van der Waals surface area contributed by atoms with E-state index in [-0.39, 0.29) is 5.91 Å². The third-order valence-electron chi connectivity index (χ3n) is 4.85. The fourth-order valence-electron chi connectivity index (χ4n) is 3.36. The normalized spacial score (nSPS) is 19.5. The molecule has 4 nitrogen and oxygen atoms in total. The van der Waals surface area contributed by atoms with Crippen LogP contribution in [0.2, 0.25) is 0 Å². The molecule has 0 saturated heterocycles. The molecule has 1 aromatic heterocycles. The second-order valence-corrected chi connectivity index (χ2v) is 6.69. The van der Waals surface area contributed by atoms with Crippen molar-refractivity contribution in [2.75, 3.05) is 0 Å². The average molecular weight is 323 g/mol. The highest BCUT2D eigenvalue weighted by molar-refractivity contribution is 5.96. The maximum absolute atomic E-state index is 12.3. The molecule has 1 aromatic carbocycles. The molecule has 0 radical (unpaired) electrons. The maximum atomic E-state index is 12.3. The van der Waals surface area contributed by atoms with Crippen molar-refractivity contribution in [3.05, 3.63) is 53.3 Å². The molecule has 3 rings (SSSR count). The van der Waals surface area contributed by atoms with Crippen LogP contribution in [0.1, 0.15) is 54.4 Å². The van der Waals surface area contributed by atoms with E-state index in [1.165, 1.54) is 30.7 Å². The smallest absolute Gasteiger partial charge is 0.271 e. The number of carbonyl (C=O) groups excluding carboxylic acids is 1. The Bertz CT molecular complexity index is 736. The van der Waals surface area contributed by atoms with Crippen LogP contribution in [0, 0.1) is 19.8 Å². The minimum Gasteiger partial charge on any atom is -0.319 e. The van der Waals surface area contributed by atoms with Crippen LogP contribution in [-0.4, -0.2) is 16.2 Å². The van der Waals surface area contributed by atoms with Gasteiger partial charge in [-0.2, -0.15) is 5.10 Å². The van der Waals surface area contributed by atoms with Crippen molar-refractivity contribution in [3.8, 4) is 5.69 Å². The number of amides is 1. The molecule has 0 bridgehead atoms. The van der Waals surface area contributed by atoms with Gasteiger partial charge in [0.2, 0.25) is 0 Å². The van der Waals surface area contributed by atoms with Crippen LogP contribution in [0.4, 0.5) is 0 Å². The first-order valence-electron chi connectivity index (χ1n) is 8.68. The molecule has 1 unspecified atom stereocenters. The van der Waals surface area contributed by atoms with Gasteiger partial charge in [-0.25, -0.2) is 5.43 Å². The minimum atomic E-state index is -0.146. The monoisotopic (exact) mass is 323 g/mol. The summed E-state index contributed by atoms with van der Waals surface area (Å²) in [6.07, 6.45) is 4.59. The van der Waals surface area contributed by atoms with Gasteiger partial charge in [-0.05, 0) is 75.4 Å². The zero-order chi connectivity index (χ0) is 17.1. The van der Waals surface area contributed by atoms with Crippen LogP contribution < -0.4 is 5.43 Å². The molecule has 1 aliphatic carbocycles. The van der Waals surface area contributed by atoms with Crippen molar-refractivity contribution < 1.29 is 4.79 Å². The van der Waals surface area contributed by atoms with E-state index in [4.69, 9.17) is 0 Å². The fraction of sp³-hybridized carbons (Fsp3) is 0.400. The lowest BCUT2D eigenvalue weighted by Crippen LogP contribution is -2.24. The van der Waals surface area contributed by atoms with E-state index >= 15 is 0 Å². The van der Waals surface area contributed by atoms with Gasteiger partial charge in [0.05, 0.1) is 0 Å². The summed E-state index contributed by atoms with van der Waals surface area (Å²) < 4.78 is 2.17. The lowest BCUT2D eigenvalue weighted by atomic mass is 9.89. The number of hydrogen-bond acceptors (Lipinski definition) is 2. The lowest BCUT2D eigenvalue weighted by molar-refractivity contribution is 0.0954. The maximum Gasteiger partial charge on any atom is 0.271 e. The van der Waals surface area contributed by atoms with E-state index in [2.05, 4.69) is 48.0 Å². The average Bonchev–Trinajstić information content (AvgIpc) is 2.93. The Morgan fingerprint density at radius 1 is 1.08 bits per heavy atom. The van der Waals surface area contributed by atoms with Gasteiger partial charge in [0, 0.05) is 28.4 Å². The molecular weight excluding hydrogens is 298 g/mol. The Balaban J connectivity index is 1.71. The summed E-state index contributed by atoms with van der Waals surface area (Å²) in [7, 11) is 0. The number of nitrogens with one attached hydrogen (secondary N) is 1. The quantitative estimate of drug-likeness (QED) is 0.837. The van der Waals surface area contributed by atoms with Crippen LogP contribution in [0.25, 0.3) is 5.69 Å². The molecule has 1 saturated carbocycles. The van der Waals surface area contributed by atoms with Crippen LogP contribution >= 0.6 is 0 Å². The van der Waals surface area contributed by atoms with Crippen LogP contribution in [0.5, 0.6) is 0 Å². The molecule has 1 aliphatic rings. The van der Waals surface area contributed by atoms with E-state index in [9.17, 15) is 4.79 Å². The number of aryl methyl sites for hydroxylation is 2. The molecule has 4 heteroatoms. The molecule has 0 spiro atoms. The molecule has 1 fully saturated rings. The number of nitrogens with zero attached hydrogens (tertiary/aromatic N) is 2. The Morgan fingerprint density at radius 3 is 2.38 bits per heavy atom. The van der Waals surface area contributed by atoms with Crippen LogP contribution in [0.15, 0.2) is 41.5 Å². The lowest BCUT2D eigenvalue weighted by Gasteiger charge is -2.19. The molecule has 1 atom stereocenters.